The average Bonchev–Trinajstić information content (AvgIpc) is 2.67. The summed E-state index contributed by atoms with van der Waals surface area (Å²) in [6.07, 6.45) is 0.809. The first kappa shape index (κ1) is 13.3. The number of nitrogens with one attached hydrogen (secondary N) is 1. The molecule has 10 heteroatoms. The Bertz CT molecular complexity index is 612. The Morgan fingerprint density at radius 1 is 1.39 bits per heavy atom. The molecule has 1 N–H and O–H groups in total. The number of nitrogens with zero attached hydrogens (tertiary/aromatic N) is 5. The van der Waals surface area contributed by atoms with Crippen LogP contribution in [-0.2, 0) is 6.54 Å². The highest BCUT2D eigenvalue weighted by molar-refractivity contribution is 7.99. The molecule has 0 bridgehead atoms. The minimum atomic E-state index is -0.274. The first-order valence-electron chi connectivity index (χ1n) is 5.00. The van der Waals surface area contributed by atoms with Gasteiger partial charge in [0.15, 0.2) is 10.3 Å². The van der Waals surface area contributed by atoms with Gasteiger partial charge in [0.25, 0.3) is 0 Å². The molecular formula is C8H8Cl2N6OS. The van der Waals surface area contributed by atoms with E-state index in [1.165, 1.54) is 4.57 Å². The molecule has 2 heterocycles. The van der Waals surface area contributed by atoms with Crippen LogP contribution in [0.15, 0.2) is 15.0 Å². The number of aromatic amines is 1. The molecule has 0 saturated carbocycles. The summed E-state index contributed by atoms with van der Waals surface area (Å²) in [7, 11) is 0. The molecule has 0 aliphatic carbocycles. The molecule has 2 aromatic rings. The van der Waals surface area contributed by atoms with Crippen LogP contribution >= 0.6 is 35.0 Å². The van der Waals surface area contributed by atoms with E-state index >= 15 is 0 Å². The van der Waals surface area contributed by atoms with Gasteiger partial charge in [-0.1, -0.05) is 18.5 Å². The lowest BCUT2D eigenvalue weighted by atomic mass is 10.5. The quantitative estimate of drug-likeness (QED) is 0.923. The molecule has 0 radical (unpaired) electrons. The smallest absolute Gasteiger partial charge is 0.270 e. The zero-order valence-electron chi connectivity index (χ0n) is 9.22. The number of H-pyrrole nitrogens is 1. The van der Waals surface area contributed by atoms with Gasteiger partial charge in [-0.3, -0.25) is 4.57 Å². The molecule has 0 amide bonds. The van der Waals surface area contributed by atoms with Crippen LogP contribution in [0.2, 0.25) is 10.4 Å². The van der Waals surface area contributed by atoms with E-state index in [-0.39, 0.29) is 16.1 Å². The standard InChI is InChI=1S/C8H8Cl2N6OS/c1-2-3-16-7(17)14-15-8(16)18-5-4(9)12-13-6(10)11-5/h2-3H2,1H3,(H,14,17). The fraction of sp³-hybridized carbons (Fsp3) is 0.375. The number of aromatic nitrogens is 6. The Morgan fingerprint density at radius 3 is 2.89 bits per heavy atom. The maximum Gasteiger partial charge on any atom is 0.343 e. The number of rotatable bonds is 4. The Kier molecular flexibility index (Phi) is 4.20. The zero-order chi connectivity index (χ0) is 13.1. The number of hydrogen-bond donors (Lipinski definition) is 1. The van der Waals surface area contributed by atoms with Crippen LogP contribution < -0.4 is 5.69 Å². The summed E-state index contributed by atoms with van der Waals surface area (Å²) >= 11 is 12.6. The predicted octanol–water partition coefficient (Wildman–Crippen LogP) is 1.62. The third-order valence-corrected chi connectivity index (χ3v) is 3.45. The summed E-state index contributed by atoms with van der Waals surface area (Å²) in [4.78, 5) is 15.4. The van der Waals surface area contributed by atoms with Crippen molar-refractivity contribution in [3.05, 3.63) is 20.9 Å². The Hall–Kier alpha value is -1.12. The molecule has 96 valence electrons. The largest absolute Gasteiger partial charge is 0.343 e. The summed E-state index contributed by atoms with van der Waals surface area (Å²) in [5.41, 5.74) is -0.274. The van der Waals surface area contributed by atoms with Crippen LogP contribution in [0.5, 0.6) is 0 Å². The molecule has 0 unspecified atom stereocenters. The molecule has 0 aromatic carbocycles. The first-order valence-corrected chi connectivity index (χ1v) is 6.57. The summed E-state index contributed by atoms with van der Waals surface area (Å²) < 4.78 is 1.50. The molecule has 18 heavy (non-hydrogen) atoms. The first-order chi connectivity index (χ1) is 8.61. The lowest BCUT2D eigenvalue weighted by Gasteiger charge is -2.03. The Morgan fingerprint density at radius 2 is 2.17 bits per heavy atom. The fourth-order valence-corrected chi connectivity index (χ4v) is 2.41. The van der Waals surface area contributed by atoms with E-state index in [4.69, 9.17) is 23.2 Å². The normalized spacial score (nSPS) is 10.8. The van der Waals surface area contributed by atoms with Crippen molar-refractivity contribution in [1.29, 1.82) is 0 Å². The summed E-state index contributed by atoms with van der Waals surface area (Å²) in [5, 5.41) is 14.3. The van der Waals surface area contributed by atoms with Crippen molar-refractivity contribution in [3.63, 3.8) is 0 Å². The van der Waals surface area contributed by atoms with E-state index in [9.17, 15) is 4.79 Å². The predicted molar refractivity (Wildman–Crippen MR) is 67.1 cm³/mol. The van der Waals surface area contributed by atoms with Gasteiger partial charge in [-0.15, -0.1) is 15.3 Å². The van der Waals surface area contributed by atoms with Crippen molar-refractivity contribution in [3.8, 4) is 0 Å². The third-order valence-electron chi connectivity index (χ3n) is 1.95. The van der Waals surface area contributed by atoms with Crippen LogP contribution in [0.4, 0.5) is 0 Å². The van der Waals surface area contributed by atoms with Crippen LogP contribution in [0, 0.1) is 0 Å². The highest BCUT2D eigenvalue weighted by atomic mass is 35.5. The van der Waals surface area contributed by atoms with Crippen molar-refractivity contribution in [2.24, 2.45) is 0 Å². The second kappa shape index (κ2) is 5.68. The number of hydrogen-bond acceptors (Lipinski definition) is 6. The third kappa shape index (κ3) is 2.82. The van der Waals surface area contributed by atoms with Gasteiger partial charge in [0.1, 0.15) is 5.03 Å². The minimum Gasteiger partial charge on any atom is -0.270 e. The average molecular weight is 307 g/mol. The molecular weight excluding hydrogens is 299 g/mol. The lowest BCUT2D eigenvalue weighted by molar-refractivity contribution is 0.603. The van der Waals surface area contributed by atoms with Crippen molar-refractivity contribution >= 4 is 35.0 Å². The van der Waals surface area contributed by atoms with Crippen molar-refractivity contribution < 1.29 is 0 Å². The second-order valence-electron chi connectivity index (χ2n) is 3.24. The molecule has 2 rings (SSSR count). The number of halogens is 2. The van der Waals surface area contributed by atoms with E-state index in [0.29, 0.717) is 16.7 Å². The summed E-state index contributed by atoms with van der Waals surface area (Å²) in [6, 6.07) is 0. The van der Waals surface area contributed by atoms with Gasteiger partial charge in [0.05, 0.1) is 0 Å². The van der Waals surface area contributed by atoms with Gasteiger partial charge < -0.3 is 0 Å². The Balaban J connectivity index is 2.34. The molecule has 7 nitrogen and oxygen atoms in total. The zero-order valence-corrected chi connectivity index (χ0v) is 11.6. The van der Waals surface area contributed by atoms with E-state index < -0.39 is 0 Å². The van der Waals surface area contributed by atoms with Gasteiger partial charge >= 0.3 is 5.69 Å². The van der Waals surface area contributed by atoms with E-state index in [1.807, 2.05) is 6.92 Å². The van der Waals surface area contributed by atoms with Crippen molar-refractivity contribution in [1.82, 2.24) is 29.9 Å². The van der Waals surface area contributed by atoms with E-state index in [0.717, 1.165) is 18.2 Å². The minimum absolute atomic E-state index is 0.0122. The van der Waals surface area contributed by atoms with Crippen LogP contribution in [0.25, 0.3) is 0 Å². The monoisotopic (exact) mass is 306 g/mol. The highest BCUT2D eigenvalue weighted by Crippen LogP contribution is 2.28. The van der Waals surface area contributed by atoms with Gasteiger partial charge in [-0.25, -0.2) is 14.9 Å². The van der Waals surface area contributed by atoms with Gasteiger partial charge in [0.2, 0.25) is 5.28 Å². The highest BCUT2D eigenvalue weighted by Gasteiger charge is 2.14. The van der Waals surface area contributed by atoms with Crippen molar-refractivity contribution in [2.45, 2.75) is 30.1 Å². The van der Waals surface area contributed by atoms with Gasteiger partial charge in [0, 0.05) is 6.54 Å². The van der Waals surface area contributed by atoms with E-state index in [1.54, 1.807) is 0 Å². The molecule has 0 atom stereocenters. The lowest BCUT2D eigenvalue weighted by Crippen LogP contribution is -2.17. The molecule has 0 aliphatic rings. The van der Waals surface area contributed by atoms with Crippen molar-refractivity contribution in [2.75, 3.05) is 0 Å². The maximum atomic E-state index is 11.5. The van der Waals surface area contributed by atoms with Gasteiger partial charge in [-0.2, -0.15) is 0 Å². The molecule has 2 aromatic heterocycles. The summed E-state index contributed by atoms with van der Waals surface area (Å²) in [5.74, 6) is 0. The van der Waals surface area contributed by atoms with Crippen LogP contribution in [-0.4, -0.2) is 29.9 Å². The molecule has 0 saturated heterocycles. The molecule has 0 spiro atoms. The molecule has 0 fully saturated rings. The van der Waals surface area contributed by atoms with Crippen LogP contribution in [0.3, 0.4) is 0 Å². The maximum absolute atomic E-state index is 11.5. The summed E-state index contributed by atoms with van der Waals surface area (Å²) in [6.45, 7) is 2.52. The fourth-order valence-electron chi connectivity index (χ4n) is 1.23. The second-order valence-corrected chi connectivity index (χ2v) is 4.89. The topological polar surface area (TPSA) is 89.3 Å². The van der Waals surface area contributed by atoms with E-state index in [2.05, 4.69) is 25.4 Å². The van der Waals surface area contributed by atoms with Crippen LogP contribution in [0.1, 0.15) is 13.3 Å². The molecule has 0 aliphatic heterocycles. The SMILES string of the molecule is CCCn1c(Sc2nc(Cl)nnc2Cl)n[nH]c1=O. The Labute approximate surface area is 116 Å². The van der Waals surface area contributed by atoms with Gasteiger partial charge in [-0.05, 0) is 29.8 Å².